The second-order valence-electron chi connectivity index (χ2n) is 4.92. The highest BCUT2D eigenvalue weighted by atomic mass is 16.5. The summed E-state index contributed by atoms with van der Waals surface area (Å²) < 4.78 is 15.3. The topological polar surface area (TPSA) is 61.8 Å². The zero-order valence-electron chi connectivity index (χ0n) is 12.7. The minimum atomic E-state index is -0.492. The second-order valence-corrected chi connectivity index (χ2v) is 4.92. The van der Waals surface area contributed by atoms with Crippen molar-refractivity contribution in [3.63, 3.8) is 0 Å². The van der Waals surface area contributed by atoms with Crippen LogP contribution in [0.25, 0.3) is 6.08 Å². The van der Waals surface area contributed by atoms with E-state index in [0.717, 1.165) is 11.3 Å². The highest BCUT2D eigenvalue weighted by Crippen LogP contribution is 2.32. The van der Waals surface area contributed by atoms with Crippen LogP contribution in [-0.2, 0) is 4.74 Å². The standard InChI is InChI=1S/C18H14O5/c1-21-13-6-3-11(4-7-13)9-16-17(19)14-10-12(18(20)22-2)5-8-15(14)23-16/h3-10H,1-2H3. The molecule has 1 aliphatic heterocycles. The molecule has 0 fully saturated rings. The molecule has 2 aromatic rings. The smallest absolute Gasteiger partial charge is 0.337 e. The Morgan fingerprint density at radius 2 is 1.83 bits per heavy atom. The van der Waals surface area contributed by atoms with Gasteiger partial charge in [-0.2, -0.15) is 0 Å². The maximum absolute atomic E-state index is 12.4. The Labute approximate surface area is 133 Å². The lowest BCUT2D eigenvalue weighted by Crippen LogP contribution is -2.02. The van der Waals surface area contributed by atoms with E-state index in [-0.39, 0.29) is 11.5 Å². The first-order valence-corrected chi connectivity index (χ1v) is 6.93. The molecular weight excluding hydrogens is 296 g/mol. The normalized spacial score (nSPS) is 14.3. The average Bonchev–Trinajstić information content (AvgIpc) is 2.90. The third-order valence-electron chi connectivity index (χ3n) is 3.50. The third kappa shape index (κ3) is 2.81. The van der Waals surface area contributed by atoms with Crippen molar-refractivity contribution in [3.8, 4) is 11.5 Å². The molecule has 2 aromatic carbocycles. The summed E-state index contributed by atoms with van der Waals surface area (Å²) in [4.78, 5) is 24.0. The van der Waals surface area contributed by atoms with Crippen LogP contribution < -0.4 is 9.47 Å². The van der Waals surface area contributed by atoms with Gasteiger partial charge < -0.3 is 14.2 Å². The number of ether oxygens (including phenoxy) is 3. The monoisotopic (exact) mass is 310 g/mol. The van der Waals surface area contributed by atoms with E-state index in [4.69, 9.17) is 9.47 Å². The molecule has 0 aromatic heterocycles. The molecule has 5 nitrogen and oxygen atoms in total. The summed E-state index contributed by atoms with van der Waals surface area (Å²) in [5, 5.41) is 0. The lowest BCUT2D eigenvalue weighted by molar-refractivity contribution is 0.0600. The number of ketones is 1. The van der Waals surface area contributed by atoms with Gasteiger partial charge in [-0.05, 0) is 42.0 Å². The first-order valence-electron chi connectivity index (χ1n) is 6.93. The predicted molar refractivity (Wildman–Crippen MR) is 83.7 cm³/mol. The van der Waals surface area contributed by atoms with E-state index < -0.39 is 5.97 Å². The number of carbonyl (C=O) groups excluding carboxylic acids is 2. The van der Waals surface area contributed by atoms with E-state index in [2.05, 4.69) is 4.74 Å². The number of carbonyl (C=O) groups is 2. The van der Waals surface area contributed by atoms with Gasteiger partial charge in [-0.15, -0.1) is 0 Å². The Morgan fingerprint density at radius 1 is 1.09 bits per heavy atom. The van der Waals surface area contributed by atoms with E-state index in [1.165, 1.54) is 13.2 Å². The number of methoxy groups -OCH3 is 2. The van der Waals surface area contributed by atoms with Gasteiger partial charge in [-0.25, -0.2) is 4.79 Å². The van der Waals surface area contributed by atoms with Crippen molar-refractivity contribution in [1.82, 2.24) is 0 Å². The Bertz CT molecular complexity index is 803. The van der Waals surface area contributed by atoms with Crippen molar-refractivity contribution in [2.45, 2.75) is 0 Å². The summed E-state index contributed by atoms with van der Waals surface area (Å²) in [6.45, 7) is 0. The van der Waals surface area contributed by atoms with Crippen molar-refractivity contribution in [1.29, 1.82) is 0 Å². The predicted octanol–water partition coefficient (Wildman–Crippen LogP) is 3.10. The van der Waals surface area contributed by atoms with Crippen LogP contribution in [0.15, 0.2) is 48.2 Å². The molecule has 3 rings (SSSR count). The molecule has 0 radical (unpaired) electrons. The van der Waals surface area contributed by atoms with Crippen LogP contribution in [0.2, 0.25) is 0 Å². The Balaban J connectivity index is 1.90. The number of Topliss-reactive ketones (excluding diaryl/α,β-unsaturated/α-hetero) is 1. The number of fused-ring (bicyclic) bond motifs is 1. The van der Waals surface area contributed by atoms with Gasteiger partial charge in [0.1, 0.15) is 11.5 Å². The Kier molecular flexibility index (Phi) is 3.85. The van der Waals surface area contributed by atoms with Crippen molar-refractivity contribution in [2.24, 2.45) is 0 Å². The van der Waals surface area contributed by atoms with Crippen molar-refractivity contribution in [3.05, 3.63) is 64.9 Å². The summed E-state index contributed by atoms with van der Waals surface area (Å²) in [7, 11) is 2.88. The van der Waals surface area contributed by atoms with Crippen molar-refractivity contribution < 1.29 is 23.8 Å². The molecule has 0 atom stereocenters. The Morgan fingerprint density at radius 3 is 2.48 bits per heavy atom. The van der Waals surface area contributed by atoms with Crippen LogP contribution in [0.1, 0.15) is 26.3 Å². The van der Waals surface area contributed by atoms with Gasteiger partial charge in [-0.3, -0.25) is 4.79 Å². The first-order chi connectivity index (χ1) is 11.1. The maximum Gasteiger partial charge on any atom is 0.337 e. The second kappa shape index (κ2) is 5.96. The van der Waals surface area contributed by atoms with Crippen LogP contribution in [-0.4, -0.2) is 26.0 Å². The minimum absolute atomic E-state index is 0.215. The molecule has 0 saturated heterocycles. The van der Waals surface area contributed by atoms with Crippen LogP contribution in [0.5, 0.6) is 11.5 Å². The molecular formula is C18H14O5. The van der Waals surface area contributed by atoms with Gasteiger partial charge in [0.2, 0.25) is 5.78 Å². The fourth-order valence-electron chi connectivity index (χ4n) is 2.29. The maximum atomic E-state index is 12.4. The molecule has 0 spiro atoms. The first kappa shape index (κ1) is 14.8. The summed E-state index contributed by atoms with van der Waals surface area (Å²) in [5.41, 5.74) is 1.48. The average molecular weight is 310 g/mol. The number of hydrogen-bond donors (Lipinski definition) is 0. The van der Waals surface area contributed by atoms with Gasteiger partial charge >= 0.3 is 5.97 Å². The number of esters is 1. The molecule has 116 valence electrons. The number of hydrogen-bond acceptors (Lipinski definition) is 5. The Hall–Kier alpha value is -3.08. The fourth-order valence-corrected chi connectivity index (χ4v) is 2.29. The zero-order valence-corrected chi connectivity index (χ0v) is 12.7. The SMILES string of the molecule is COC(=O)c1ccc2c(c1)C(=O)C(=Cc1ccc(OC)cc1)O2. The number of benzene rings is 2. The van der Waals surface area contributed by atoms with Gasteiger partial charge in [-0.1, -0.05) is 12.1 Å². The molecule has 0 bridgehead atoms. The molecule has 23 heavy (non-hydrogen) atoms. The van der Waals surface area contributed by atoms with Crippen molar-refractivity contribution in [2.75, 3.05) is 14.2 Å². The van der Waals surface area contributed by atoms with Gasteiger partial charge in [0.05, 0.1) is 25.3 Å². The lowest BCUT2D eigenvalue weighted by atomic mass is 10.1. The van der Waals surface area contributed by atoms with Gasteiger partial charge in [0, 0.05) is 0 Å². The summed E-state index contributed by atoms with van der Waals surface area (Å²) >= 11 is 0. The summed E-state index contributed by atoms with van der Waals surface area (Å²) in [6.07, 6.45) is 1.65. The quantitative estimate of drug-likeness (QED) is 0.644. The molecule has 0 saturated carbocycles. The summed E-state index contributed by atoms with van der Waals surface area (Å²) in [6, 6.07) is 11.9. The van der Waals surface area contributed by atoms with E-state index in [1.54, 1.807) is 37.5 Å². The van der Waals surface area contributed by atoms with Gasteiger partial charge in [0.25, 0.3) is 0 Å². The molecule has 0 N–H and O–H groups in total. The minimum Gasteiger partial charge on any atom is -0.497 e. The van der Waals surface area contributed by atoms with Crippen molar-refractivity contribution >= 4 is 17.8 Å². The molecule has 1 aliphatic rings. The molecule has 0 unspecified atom stereocenters. The molecule has 0 aliphatic carbocycles. The van der Waals surface area contributed by atoms with E-state index >= 15 is 0 Å². The van der Waals surface area contributed by atoms with Crippen LogP contribution in [0.3, 0.4) is 0 Å². The van der Waals surface area contributed by atoms with Crippen LogP contribution >= 0.6 is 0 Å². The third-order valence-corrected chi connectivity index (χ3v) is 3.50. The van der Waals surface area contributed by atoms with E-state index in [0.29, 0.717) is 16.9 Å². The van der Waals surface area contributed by atoms with Gasteiger partial charge in [0.15, 0.2) is 5.76 Å². The molecule has 0 amide bonds. The molecule has 1 heterocycles. The highest BCUT2D eigenvalue weighted by molar-refractivity contribution is 6.15. The number of rotatable bonds is 3. The molecule has 5 heteroatoms. The fraction of sp³-hybridized carbons (Fsp3) is 0.111. The van der Waals surface area contributed by atoms with E-state index in [1.807, 2.05) is 12.1 Å². The van der Waals surface area contributed by atoms with Crippen LogP contribution in [0.4, 0.5) is 0 Å². The zero-order chi connectivity index (χ0) is 16.4. The lowest BCUT2D eigenvalue weighted by Gasteiger charge is -2.01. The van der Waals surface area contributed by atoms with Crippen LogP contribution in [0, 0.1) is 0 Å². The highest BCUT2D eigenvalue weighted by Gasteiger charge is 2.28. The van der Waals surface area contributed by atoms with E-state index in [9.17, 15) is 9.59 Å². The largest absolute Gasteiger partial charge is 0.497 e. The summed E-state index contributed by atoms with van der Waals surface area (Å²) in [5.74, 6) is 0.626. The number of allylic oxidation sites excluding steroid dienone is 1.